The van der Waals surface area contributed by atoms with Crippen LogP contribution in [0.1, 0.15) is 54.4 Å². The van der Waals surface area contributed by atoms with Crippen LogP contribution in [0.2, 0.25) is 0 Å². The van der Waals surface area contributed by atoms with Crippen LogP contribution in [-0.4, -0.2) is 32.6 Å². The predicted molar refractivity (Wildman–Crippen MR) is 129 cm³/mol. The Morgan fingerprint density at radius 1 is 1.06 bits per heavy atom. The second-order valence-electron chi connectivity index (χ2n) is 8.68. The number of aromatic nitrogens is 3. The first-order valence-corrected chi connectivity index (χ1v) is 11.6. The summed E-state index contributed by atoms with van der Waals surface area (Å²) in [5, 5.41) is 10.2. The minimum atomic E-state index is -0.581. The van der Waals surface area contributed by atoms with Gasteiger partial charge in [-0.1, -0.05) is 25.0 Å². The molecule has 0 unspecified atom stereocenters. The number of amides is 2. The smallest absolute Gasteiger partial charge is 0.270 e. The van der Waals surface area contributed by atoms with Gasteiger partial charge >= 0.3 is 0 Å². The molecule has 33 heavy (non-hydrogen) atoms. The van der Waals surface area contributed by atoms with Crippen LogP contribution in [0.15, 0.2) is 48.8 Å². The molecule has 7 heteroatoms. The molecule has 0 bridgehead atoms. The van der Waals surface area contributed by atoms with Crippen LogP contribution in [0, 0.1) is 19.8 Å². The van der Waals surface area contributed by atoms with E-state index in [0.29, 0.717) is 17.9 Å². The van der Waals surface area contributed by atoms with E-state index in [4.69, 9.17) is 0 Å². The van der Waals surface area contributed by atoms with Crippen LogP contribution in [-0.2, 0) is 11.3 Å². The van der Waals surface area contributed by atoms with E-state index in [-0.39, 0.29) is 17.7 Å². The van der Waals surface area contributed by atoms with Crippen LogP contribution < -0.4 is 10.6 Å². The van der Waals surface area contributed by atoms with Crippen molar-refractivity contribution in [1.29, 1.82) is 0 Å². The normalized spacial score (nSPS) is 14.8. The molecule has 1 aliphatic rings. The van der Waals surface area contributed by atoms with Crippen LogP contribution in [0.5, 0.6) is 0 Å². The van der Waals surface area contributed by atoms with E-state index in [0.717, 1.165) is 48.1 Å². The largest absolute Gasteiger partial charge is 0.339 e. The molecule has 0 aliphatic heterocycles. The second kappa shape index (κ2) is 9.98. The SMILES string of the molecule is CCn1nccc1C(=O)N[C@H](C(=O)Nc1ccc(-c2c(C)ccnc2C)cc1)C1CCCC1. The summed E-state index contributed by atoms with van der Waals surface area (Å²) in [6.45, 7) is 6.60. The van der Waals surface area contributed by atoms with E-state index >= 15 is 0 Å². The summed E-state index contributed by atoms with van der Waals surface area (Å²) in [7, 11) is 0. The molecule has 4 rings (SSSR count). The maximum Gasteiger partial charge on any atom is 0.270 e. The highest BCUT2D eigenvalue weighted by Crippen LogP contribution is 2.30. The number of nitrogens with one attached hydrogen (secondary N) is 2. The van der Waals surface area contributed by atoms with Crippen molar-refractivity contribution in [2.24, 2.45) is 5.92 Å². The van der Waals surface area contributed by atoms with Gasteiger partial charge in [0.15, 0.2) is 0 Å². The Balaban J connectivity index is 1.50. The van der Waals surface area contributed by atoms with E-state index in [1.807, 2.05) is 50.4 Å². The van der Waals surface area contributed by atoms with Crippen molar-refractivity contribution >= 4 is 17.5 Å². The van der Waals surface area contributed by atoms with Gasteiger partial charge < -0.3 is 10.6 Å². The van der Waals surface area contributed by atoms with Gasteiger partial charge in [0.05, 0.1) is 0 Å². The number of nitrogens with zero attached hydrogens (tertiary/aromatic N) is 3. The highest BCUT2D eigenvalue weighted by atomic mass is 16.2. The first-order chi connectivity index (χ1) is 16.0. The standard InChI is InChI=1S/C26H31N5O2/c1-4-31-22(14-16-28-31)25(32)30-24(20-7-5-6-8-20)26(33)29-21-11-9-19(10-12-21)23-17(2)13-15-27-18(23)3/h9-16,20,24H,4-8H2,1-3H3,(H,29,33)(H,30,32)/t24-/m0/s1. The van der Waals surface area contributed by atoms with Crippen LogP contribution >= 0.6 is 0 Å². The lowest BCUT2D eigenvalue weighted by molar-refractivity contribution is -0.119. The molecule has 1 saturated carbocycles. The topological polar surface area (TPSA) is 88.9 Å². The molecule has 7 nitrogen and oxygen atoms in total. The van der Waals surface area contributed by atoms with Crippen molar-refractivity contribution in [3.63, 3.8) is 0 Å². The van der Waals surface area contributed by atoms with Crippen LogP contribution in [0.25, 0.3) is 11.1 Å². The van der Waals surface area contributed by atoms with Crippen molar-refractivity contribution in [3.05, 3.63) is 65.7 Å². The summed E-state index contributed by atoms with van der Waals surface area (Å²) in [6.07, 6.45) is 7.45. The summed E-state index contributed by atoms with van der Waals surface area (Å²) < 4.78 is 1.64. The van der Waals surface area contributed by atoms with Crippen molar-refractivity contribution in [2.75, 3.05) is 5.32 Å². The maximum absolute atomic E-state index is 13.3. The van der Waals surface area contributed by atoms with Gasteiger partial charge in [-0.2, -0.15) is 5.10 Å². The van der Waals surface area contributed by atoms with Gasteiger partial charge in [0.25, 0.3) is 5.91 Å². The second-order valence-corrected chi connectivity index (χ2v) is 8.68. The first-order valence-electron chi connectivity index (χ1n) is 11.6. The molecule has 1 fully saturated rings. The van der Waals surface area contributed by atoms with E-state index in [9.17, 15) is 9.59 Å². The third-order valence-electron chi connectivity index (χ3n) is 6.48. The summed E-state index contributed by atoms with van der Waals surface area (Å²) in [4.78, 5) is 30.6. The van der Waals surface area contributed by atoms with Gasteiger partial charge in [-0.25, -0.2) is 0 Å². The number of aryl methyl sites for hydroxylation is 3. The zero-order valence-corrected chi connectivity index (χ0v) is 19.5. The van der Waals surface area contributed by atoms with Gasteiger partial charge in [-0.3, -0.25) is 19.3 Å². The number of benzene rings is 1. The molecular weight excluding hydrogens is 414 g/mol. The molecule has 2 heterocycles. The van der Waals surface area contributed by atoms with Crippen molar-refractivity contribution in [2.45, 2.75) is 59.0 Å². The fourth-order valence-corrected chi connectivity index (χ4v) is 4.75. The number of pyridine rings is 1. The molecule has 0 spiro atoms. The summed E-state index contributed by atoms with van der Waals surface area (Å²) >= 11 is 0. The Labute approximate surface area is 194 Å². The zero-order valence-electron chi connectivity index (χ0n) is 19.5. The van der Waals surface area contributed by atoms with Crippen molar-refractivity contribution in [1.82, 2.24) is 20.1 Å². The Kier molecular flexibility index (Phi) is 6.87. The van der Waals surface area contributed by atoms with Gasteiger partial charge in [0.2, 0.25) is 5.91 Å². The van der Waals surface area contributed by atoms with Gasteiger partial charge in [0, 0.05) is 35.9 Å². The molecule has 3 aromatic rings. The average Bonchev–Trinajstić information content (AvgIpc) is 3.50. The fraction of sp³-hybridized carbons (Fsp3) is 0.385. The Bertz CT molecular complexity index is 1110. The Hall–Kier alpha value is -3.48. The Morgan fingerprint density at radius 2 is 1.79 bits per heavy atom. The molecule has 0 radical (unpaired) electrons. The molecule has 2 aromatic heterocycles. The number of anilines is 1. The molecule has 2 N–H and O–H groups in total. The minimum absolute atomic E-state index is 0.131. The maximum atomic E-state index is 13.3. The molecule has 1 aromatic carbocycles. The van der Waals surface area contributed by atoms with Gasteiger partial charge in [0.1, 0.15) is 11.7 Å². The minimum Gasteiger partial charge on any atom is -0.339 e. The molecule has 172 valence electrons. The average molecular weight is 446 g/mol. The van der Waals surface area contributed by atoms with Crippen molar-refractivity contribution < 1.29 is 9.59 Å². The molecule has 0 saturated heterocycles. The molecule has 2 amide bonds. The van der Waals surface area contributed by atoms with Crippen LogP contribution in [0.4, 0.5) is 5.69 Å². The lowest BCUT2D eigenvalue weighted by Gasteiger charge is -2.24. The van der Waals surface area contributed by atoms with E-state index in [1.165, 1.54) is 0 Å². The first kappa shape index (κ1) is 22.7. The van der Waals surface area contributed by atoms with Gasteiger partial charge in [-0.05, 0) is 74.9 Å². The summed E-state index contributed by atoms with van der Waals surface area (Å²) in [5.74, 6) is -0.314. The van der Waals surface area contributed by atoms with E-state index < -0.39 is 6.04 Å². The Morgan fingerprint density at radius 3 is 2.45 bits per heavy atom. The highest BCUT2D eigenvalue weighted by molar-refractivity contribution is 6.00. The zero-order chi connectivity index (χ0) is 23.4. The monoisotopic (exact) mass is 445 g/mol. The quantitative estimate of drug-likeness (QED) is 0.560. The van der Waals surface area contributed by atoms with E-state index in [1.54, 1.807) is 16.9 Å². The molecule has 1 atom stereocenters. The lowest BCUT2D eigenvalue weighted by atomic mass is 9.96. The predicted octanol–water partition coefficient (Wildman–Crippen LogP) is 4.51. The number of hydrogen-bond acceptors (Lipinski definition) is 4. The summed E-state index contributed by atoms with van der Waals surface area (Å²) in [5.41, 5.74) is 5.49. The fourth-order valence-electron chi connectivity index (χ4n) is 4.75. The summed E-state index contributed by atoms with van der Waals surface area (Å²) in [6, 6.07) is 10.9. The van der Waals surface area contributed by atoms with Crippen molar-refractivity contribution in [3.8, 4) is 11.1 Å². The third-order valence-corrected chi connectivity index (χ3v) is 6.48. The number of carbonyl (C=O) groups is 2. The molecule has 1 aliphatic carbocycles. The molecular formula is C26H31N5O2. The number of carbonyl (C=O) groups excluding carboxylic acids is 2. The number of hydrogen-bond donors (Lipinski definition) is 2. The van der Waals surface area contributed by atoms with Crippen LogP contribution in [0.3, 0.4) is 0 Å². The third kappa shape index (κ3) is 4.97. The number of rotatable bonds is 7. The van der Waals surface area contributed by atoms with Gasteiger partial charge in [-0.15, -0.1) is 0 Å². The van der Waals surface area contributed by atoms with E-state index in [2.05, 4.69) is 27.6 Å². The highest BCUT2D eigenvalue weighted by Gasteiger charge is 2.32. The lowest BCUT2D eigenvalue weighted by Crippen LogP contribution is -2.48.